The van der Waals surface area contributed by atoms with E-state index in [0.29, 0.717) is 16.3 Å². The van der Waals surface area contributed by atoms with Gasteiger partial charge in [-0.3, -0.25) is 4.79 Å². The Bertz CT molecular complexity index is 1130. The van der Waals surface area contributed by atoms with Crippen LogP contribution in [-0.4, -0.2) is 10.9 Å². The number of carbonyl (C=O) groups excluding carboxylic acids is 1. The summed E-state index contributed by atoms with van der Waals surface area (Å²) < 4.78 is 1.10. The van der Waals surface area contributed by atoms with Crippen LogP contribution in [0.5, 0.6) is 0 Å². The zero-order chi connectivity index (χ0) is 19.0. The molecule has 27 heavy (non-hydrogen) atoms. The highest BCUT2D eigenvalue weighted by Gasteiger charge is 2.15. The molecule has 4 rings (SSSR count). The van der Waals surface area contributed by atoms with E-state index < -0.39 is 0 Å². The molecule has 3 aromatic carbocycles. The van der Waals surface area contributed by atoms with Gasteiger partial charge in [0.15, 0.2) is 0 Å². The first-order chi connectivity index (χ1) is 13.0. The quantitative estimate of drug-likeness (QED) is 0.433. The van der Waals surface area contributed by atoms with Gasteiger partial charge in [0.05, 0.1) is 15.9 Å². The molecule has 0 spiro atoms. The molecule has 1 aromatic heterocycles. The van der Waals surface area contributed by atoms with E-state index in [1.807, 2.05) is 68.4 Å². The molecule has 1 heterocycles. The third kappa shape index (κ3) is 3.59. The van der Waals surface area contributed by atoms with Crippen molar-refractivity contribution >= 4 is 44.7 Å². The maximum Gasteiger partial charge on any atom is 0.255 e. The fourth-order valence-electron chi connectivity index (χ4n) is 2.87. The van der Waals surface area contributed by atoms with E-state index >= 15 is 0 Å². The van der Waals surface area contributed by atoms with Crippen molar-refractivity contribution in [1.82, 2.24) is 4.98 Å². The number of anilines is 1. The third-order valence-corrected chi connectivity index (χ3v) is 5.83. The van der Waals surface area contributed by atoms with Gasteiger partial charge in [-0.05, 0) is 67.4 Å². The molecule has 4 aromatic rings. The van der Waals surface area contributed by atoms with E-state index in [4.69, 9.17) is 16.6 Å². The lowest BCUT2D eigenvalue weighted by molar-refractivity contribution is 0.102. The monoisotopic (exact) mass is 392 g/mol. The Morgan fingerprint density at radius 1 is 1.00 bits per heavy atom. The van der Waals surface area contributed by atoms with Crippen LogP contribution in [0, 0.1) is 13.8 Å². The number of halogens is 1. The number of carbonyl (C=O) groups is 1. The summed E-state index contributed by atoms with van der Waals surface area (Å²) in [5.41, 5.74) is 5.33. The number of thiazole rings is 1. The molecular formula is C22H17ClN2OS. The molecule has 0 bridgehead atoms. The number of hydrogen-bond donors (Lipinski definition) is 1. The van der Waals surface area contributed by atoms with Gasteiger partial charge >= 0.3 is 0 Å². The lowest BCUT2D eigenvalue weighted by Crippen LogP contribution is -2.13. The molecule has 0 saturated heterocycles. The largest absolute Gasteiger partial charge is 0.321 e. The zero-order valence-electron chi connectivity index (χ0n) is 14.9. The van der Waals surface area contributed by atoms with Gasteiger partial charge in [0.25, 0.3) is 5.91 Å². The first kappa shape index (κ1) is 17.7. The molecule has 0 atom stereocenters. The minimum Gasteiger partial charge on any atom is -0.321 e. The Morgan fingerprint density at radius 3 is 2.59 bits per heavy atom. The van der Waals surface area contributed by atoms with Crippen molar-refractivity contribution in [3.8, 4) is 10.6 Å². The smallest absolute Gasteiger partial charge is 0.255 e. The SMILES string of the molecule is Cc1ccc(C(=O)Nc2ccc(Cl)cc2-c2nc3ccccc3s2)cc1C. The summed E-state index contributed by atoms with van der Waals surface area (Å²) in [5.74, 6) is -0.150. The molecule has 0 aliphatic carbocycles. The molecule has 0 radical (unpaired) electrons. The Morgan fingerprint density at radius 2 is 1.81 bits per heavy atom. The number of amides is 1. The molecule has 134 valence electrons. The fourth-order valence-corrected chi connectivity index (χ4v) is 4.04. The Kier molecular flexibility index (Phi) is 4.68. The fraction of sp³-hybridized carbons (Fsp3) is 0.0909. The Hall–Kier alpha value is -2.69. The topological polar surface area (TPSA) is 42.0 Å². The normalized spacial score (nSPS) is 10.9. The summed E-state index contributed by atoms with van der Waals surface area (Å²) in [6, 6.07) is 19.1. The molecule has 0 fully saturated rings. The number of nitrogens with one attached hydrogen (secondary N) is 1. The van der Waals surface area contributed by atoms with Crippen molar-refractivity contribution in [2.45, 2.75) is 13.8 Å². The first-order valence-corrected chi connectivity index (χ1v) is 9.75. The number of hydrogen-bond acceptors (Lipinski definition) is 3. The number of para-hydroxylation sites is 1. The summed E-state index contributed by atoms with van der Waals surface area (Å²) in [6.45, 7) is 4.03. The standard InChI is InChI=1S/C22H17ClN2OS/c1-13-7-8-15(11-14(13)2)21(26)24-18-10-9-16(23)12-17(18)22-25-19-5-3-4-6-20(19)27-22/h3-12H,1-2H3,(H,24,26). The molecule has 5 heteroatoms. The number of nitrogens with zero attached hydrogens (tertiary/aromatic N) is 1. The summed E-state index contributed by atoms with van der Waals surface area (Å²) in [4.78, 5) is 17.5. The maximum absolute atomic E-state index is 12.8. The van der Waals surface area contributed by atoms with Crippen LogP contribution in [0.25, 0.3) is 20.8 Å². The molecule has 1 N–H and O–H groups in total. The van der Waals surface area contributed by atoms with E-state index in [-0.39, 0.29) is 5.91 Å². The molecule has 0 unspecified atom stereocenters. The van der Waals surface area contributed by atoms with Gasteiger partial charge in [-0.15, -0.1) is 11.3 Å². The van der Waals surface area contributed by atoms with Gasteiger partial charge in [-0.1, -0.05) is 29.8 Å². The predicted octanol–water partition coefficient (Wildman–Crippen LogP) is 6.49. The second kappa shape index (κ2) is 7.14. The third-order valence-electron chi connectivity index (χ3n) is 4.52. The minimum absolute atomic E-state index is 0.150. The van der Waals surface area contributed by atoms with Crippen molar-refractivity contribution in [3.63, 3.8) is 0 Å². The number of aromatic nitrogens is 1. The van der Waals surface area contributed by atoms with Gasteiger partial charge in [0, 0.05) is 16.1 Å². The van der Waals surface area contributed by atoms with Crippen LogP contribution in [-0.2, 0) is 0 Å². The van der Waals surface area contributed by atoms with Crippen molar-refractivity contribution in [2.24, 2.45) is 0 Å². The zero-order valence-corrected chi connectivity index (χ0v) is 16.5. The van der Waals surface area contributed by atoms with Gasteiger partial charge < -0.3 is 5.32 Å². The van der Waals surface area contributed by atoms with E-state index in [1.165, 1.54) is 0 Å². The Balaban J connectivity index is 1.73. The van der Waals surface area contributed by atoms with Gasteiger partial charge in [0.1, 0.15) is 5.01 Å². The summed E-state index contributed by atoms with van der Waals surface area (Å²) >= 11 is 7.80. The van der Waals surface area contributed by atoms with Crippen molar-refractivity contribution in [3.05, 3.63) is 82.4 Å². The highest BCUT2D eigenvalue weighted by molar-refractivity contribution is 7.21. The summed E-state index contributed by atoms with van der Waals surface area (Å²) in [6.07, 6.45) is 0. The summed E-state index contributed by atoms with van der Waals surface area (Å²) in [7, 11) is 0. The minimum atomic E-state index is -0.150. The lowest BCUT2D eigenvalue weighted by Gasteiger charge is -2.11. The average Bonchev–Trinajstić information content (AvgIpc) is 3.09. The van der Waals surface area contributed by atoms with Crippen LogP contribution in [0.1, 0.15) is 21.5 Å². The van der Waals surface area contributed by atoms with Crippen LogP contribution in [0.15, 0.2) is 60.7 Å². The molecule has 3 nitrogen and oxygen atoms in total. The number of fused-ring (bicyclic) bond motifs is 1. The van der Waals surface area contributed by atoms with Crippen LogP contribution < -0.4 is 5.32 Å². The lowest BCUT2D eigenvalue weighted by atomic mass is 10.1. The van der Waals surface area contributed by atoms with Crippen LogP contribution in [0.3, 0.4) is 0 Å². The molecule has 0 aliphatic rings. The predicted molar refractivity (Wildman–Crippen MR) is 114 cm³/mol. The summed E-state index contributed by atoms with van der Waals surface area (Å²) in [5, 5.41) is 4.45. The van der Waals surface area contributed by atoms with E-state index in [2.05, 4.69) is 5.32 Å². The number of benzene rings is 3. The molecule has 0 saturated carbocycles. The van der Waals surface area contributed by atoms with Crippen molar-refractivity contribution < 1.29 is 4.79 Å². The second-order valence-electron chi connectivity index (χ2n) is 6.43. The molecule has 0 aliphatic heterocycles. The second-order valence-corrected chi connectivity index (χ2v) is 7.90. The first-order valence-electron chi connectivity index (χ1n) is 8.55. The Labute approximate surface area is 166 Å². The average molecular weight is 393 g/mol. The van der Waals surface area contributed by atoms with E-state index in [1.54, 1.807) is 17.4 Å². The number of aryl methyl sites for hydroxylation is 2. The van der Waals surface area contributed by atoms with Crippen LogP contribution in [0.4, 0.5) is 5.69 Å². The van der Waals surface area contributed by atoms with Gasteiger partial charge in [0.2, 0.25) is 0 Å². The van der Waals surface area contributed by atoms with E-state index in [0.717, 1.165) is 31.9 Å². The van der Waals surface area contributed by atoms with Crippen molar-refractivity contribution in [2.75, 3.05) is 5.32 Å². The highest BCUT2D eigenvalue weighted by Crippen LogP contribution is 2.36. The van der Waals surface area contributed by atoms with E-state index in [9.17, 15) is 4.79 Å². The number of rotatable bonds is 3. The van der Waals surface area contributed by atoms with Crippen LogP contribution in [0.2, 0.25) is 5.02 Å². The highest BCUT2D eigenvalue weighted by atomic mass is 35.5. The van der Waals surface area contributed by atoms with Crippen molar-refractivity contribution in [1.29, 1.82) is 0 Å². The molecule has 1 amide bonds. The molecular weight excluding hydrogens is 376 g/mol. The van der Waals surface area contributed by atoms with Gasteiger partial charge in [-0.2, -0.15) is 0 Å². The van der Waals surface area contributed by atoms with Gasteiger partial charge in [-0.25, -0.2) is 4.98 Å². The van der Waals surface area contributed by atoms with Crippen LogP contribution >= 0.6 is 22.9 Å². The maximum atomic E-state index is 12.8.